The molecule has 1 atom stereocenters. The number of rotatable bonds is 6. The predicted molar refractivity (Wildman–Crippen MR) is 80.2 cm³/mol. The second kappa shape index (κ2) is 6.49. The minimum atomic E-state index is -0.184. The van der Waals surface area contributed by atoms with E-state index in [9.17, 15) is 4.79 Å². The largest absolute Gasteiger partial charge is 0.497 e. The number of H-pyrrole nitrogens is 1. The minimum Gasteiger partial charge on any atom is -0.497 e. The molecule has 0 aliphatic carbocycles. The monoisotopic (exact) mass is 292 g/mol. The molecular formula is C15H20N2O4. The van der Waals surface area contributed by atoms with Crippen molar-refractivity contribution in [2.24, 2.45) is 0 Å². The zero-order valence-electron chi connectivity index (χ0n) is 12.6. The summed E-state index contributed by atoms with van der Waals surface area (Å²) in [4.78, 5) is 15.3. The maximum atomic E-state index is 12.2. The van der Waals surface area contributed by atoms with Crippen LogP contribution < -0.4 is 14.8 Å². The van der Waals surface area contributed by atoms with Crippen molar-refractivity contribution >= 4 is 16.8 Å². The molecule has 2 N–H and O–H groups in total. The second-order valence-corrected chi connectivity index (χ2v) is 4.81. The Bertz CT molecular complexity index is 636. The Kier molecular flexibility index (Phi) is 4.70. The van der Waals surface area contributed by atoms with E-state index in [0.717, 1.165) is 10.9 Å². The van der Waals surface area contributed by atoms with Crippen LogP contribution in [0.3, 0.4) is 0 Å². The van der Waals surface area contributed by atoms with Crippen molar-refractivity contribution in [3.8, 4) is 11.5 Å². The minimum absolute atomic E-state index is 0.0645. The molecule has 2 rings (SSSR count). The lowest BCUT2D eigenvalue weighted by atomic mass is 10.2. The van der Waals surface area contributed by atoms with E-state index in [4.69, 9.17) is 14.2 Å². The summed E-state index contributed by atoms with van der Waals surface area (Å²) >= 11 is 0. The molecule has 0 bridgehead atoms. The summed E-state index contributed by atoms with van der Waals surface area (Å²) in [6.45, 7) is 2.34. The first-order chi connectivity index (χ1) is 10.1. The van der Waals surface area contributed by atoms with E-state index in [2.05, 4.69) is 10.3 Å². The number of hydrogen-bond donors (Lipinski definition) is 2. The van der Waals surface area contributed by atoms with Gasteiger partial charge in [0.25, 0.3) is 5.91 Å². The van der Waals surface area contributed by atoms with Crippen molar-refractivity contribution in [3.05, 3.63) is 23.9 Å². The Morgan fingerprint density at radius 3 is 2.62 bits per heavy atom. The molecule has 1 amide bonds. The van der Waals surface area contributed by atoms with Gasteiger partial charge in [0.2, 0.25) is 0 Å². The highest BCUT2D eigenvalue weighted by atomic mass is 16.5. The molecule has 1 heterocycles. The van der Waals surface area contributed by atoms with Crippen LogP contribution in [0.5, 0.6) is 11.5 Å². The lowest BCUT2D eigenvalue weighted by Gasteiger charge is -2.11. The Hall–Kier alpha value is -2.21. The van der Waals surface area contributed by atoms with Gasteiger partial charge in [-0.05, 0) is 19.1 Å². The fourth-order valence-corrected chi connectivity index (χ4v) is 2.18. The first-order valence-corrected chi connectivity index (χ1v) is 6.63. The molecule has 0 radical (unpaired) electrons. The summed E-state index contributed by atoms with van der Waals surface area (Å²) in [6.07, 6.45) is 0. The Morgan fingerprint density at radius 2 is 2.00 bits per heavy atom. The van der Waals surface area contributed by atoms with Crippen LogP contribution in [0.4, 0.5) is 0 Å². The highest BCUT2D eigenvalue weighted by Gasteiger charge is 2.15. The average Bonchev–Trinajstić information content (AvgIpc) is 2.90. The summed E-state index contributed by atoms with van der Waals surface area (Å²) in [7, 11) is 4.77. The molecule has 0 saturated heterocycles. The number of aromatic amines is 1. The standard InChI is InChI=1S/C15H20N2O4/c1-9(8-19-2)16-15(18)12-6-10-5-11(20-3)7-13(21-4)14(10)17-12/h5-7,9,17H,8H2,1-4H3,(H,16,18)/t9-/m1/s1. The van der Waals surface area contributed by atoms with Crippen LogP contribution in [0, 0.1) is 0 Å². The molecule has 21 heavy (non-hydrogen) atoms. The van der Waals surface area contributed by atoms with E-state index >= 15 is 0 Å². The molecule has 0 saturated carbocycles. The zero-order chi connectivity index (χ0) is 15.4. The van der Waals surface area contributed by atoms with Gasteiger partial charge in [-0.2, -0.15) is 0 Å². The van der Waals surface area contributed by atoms with Crippen molar-refractivity contribution in [1.29, 1.82) is 0 Å². The molecule has 1 aromatic heterocycles. The number of carbonyl (C=O) groups is 1. The van der Waals surface area contributed by atoms with Gasteiger partial charge in [0.05, 0.1) is 26.3 Å². The van der Waals surface area contributed by atoms with Gasteiger partial charge < -0.3 is 24.5 Å². The smallest absolute Gasteiger partial charge is 0.268 e. The normalized spacial score (nSPS) is 12.2. The quantitative estimate of drug-likeness (QED) is 0.853. The third kappa shape index (κ3) is 3.28. The summed E-state index contributed by atoms with van der Waals surface area (Å²) in [5.74, 6) is 1.13. The summed E-state index contributed by atoms with van der Waals surface area (Å²) in [5, 5.41) is 3.71. The maximum absolute atomic E-state index is 12.2. The van der Waals surface area contributed by atoms with Crippen LogP contribution in [0.1, 0.15) is 17.4 Å². The van der Waals surface area contributed by atoms with Crippen LogP contribution in [0.25, 0.3) is 10.9 Å². The first kappa shape index (κ1) is 15.2. The summed E-state index contributed by atoms with van der Waals surface area (Å²) < 4.78 is 15.5. The molecule has 0 fully saturated rings. The number of benzene rings is 1. The first-order valence-electron chi connectivity index (χ1n) is 6.63. The van der Waals surface area contributed by atoms with Gasteiger partial charge >= 0.3 is 0 Å². The fourth-order valence-electron chi connectivity index (χ4n) is 2.18. The van der Waals surface area contributed by atoms with Gasteiger partial charge in [-0.1, -0.05) is 0 Å². The SMILES string of the molecule is COC[C@@H](C)NC(=O)c1cc2cc(OC)cc(OC)c2[nH]1. The van der Waals surface area contributed by atoms with Crippen molar-refractivity contribution < 1.29 is 19.0 Å². The van der Waals surface area contributed by atoms with Gasteiger partial charge in [-0.15, -0.1) is 0 Å². The second-order valence-electron chi connectivity index (χ2n) is 4.81. The molecule has 0 aliphatic rings. The van der Waals surface area contributed by atoms with Crippen LogP contribution >= 0.6 is 0 Å². The number of carbonyl (C=O) groups excluding carboxylic acids is 1. The van der Waals surface area contributed by atoms with E-state index in [1.807, 2.05) is 13.0 Å². The third-order valence-corrected chi connectivity index (χ3v) is 3.16. The van der Waals surface area contributed by atoms with Gasteiger partial charge in [0.1, 0.15) is 17.2 Å². The van der Waals surface area contributed by atoms with Crippen molar-refractivity contribution in [2.45, 2.75) is 13.0 Å². The number of aromatic nitrogens is 1. The number of fused-ring (bicyclic) bond motifs is 1. The van der Waals surface area contributed by atoms with E-state index in [1.165, 1.54) is 0 Å². The highest BCUT2D eigenvalue weighted by Crippen LogP contribution is 2.31. The van der Waals surface area contributed by atoms with Gasteiger partial charge in [0.15, 0.2) is 0 Å². The van der Waals surface area contributed by atoms with Crippen molar-refractivity contribution in [2.75, 3.05) is 27.9 Å². The average molecular weight is 292 g/mol. The molecule has 6 heteroatoms. The van der Waals surface area contributed by atoms with Gasteiger partial charge in [-0.25, -0.2) is 0 Å². The zero-order valence-corrected chi connectivity index (χ0v) is 12.6. The third-order valence-electron chi connectivity index (χ3n) is 3.16. The van der Waals surface area contributed by atoms with Gasteiger partial charge in [0, 0.05) is 24.6 Å². The number of ether oxygens (including phenoxy) is 3. The molecular weight excluding hydrogens is 272 g/mol. The molecule has 2 aromatic rings. The molecule has 0 aliphatic heterocycles. The van der Waals surface area contributed by atoms with E-state index in [0.29, 0.717) is 23.8 Å². The van der Waals surface area contributed by atoms with Crippen LogP contribution in [-0.4, -0.2) is 44.9 Å². The number of nitrogens with one attached hydrogen (secondary N) is 2. The van der Waals surface area contributed by atoms with E-state index in [1.54, 1.807) is 33.5 Å². The predicted octanol–water partition coefficient (Wildman–Crippen LogP) is 1.95. The summed E-state index contributed by atoms with van der Waals surface area (Å²) in [5.41, 5.74) is 1.24. The van der Waals surface area contributed by atoms with Gasteiger partial charge in [-0.3, -0.25) is 4.79 Å². The highest BCUT2D eigenvalue weighted by molar-refractivity contribution is 6.00. The summed E-state index contributed by atoms with van der Waals surface area (Å²) in [6, 6.07) is 5.33. The van der Waals surface area contributed by atoms with Crippen LogP contribution in [0.15, 0.2) is 18.2 Å². The molecule has 0 unspecified atom stereocenters. The number of methoxy groups -OCH3 is 3. The molecule has 0 spiro atoms. The number of amides is 1. The van der Waals surface area contributed by atoms with E-state index < -0.39 is 0 Å². The molecule has 114 valence electrons. The molecule has 6 nitrogen and oxygen atoms in total. The van der Waals surface area contributed by atoms with Crippen molar-refractivity contribution in [1.82, 2.24) is 10.3 Å². The maximum Gasteiger partial charge on any atom is 0.268 e. The number of hydrogen-bond acceptors (Lipinski definition) is 4. The Labute approximate surface area is 123 Å². The lowest BCUT2D eigenvalue weighted by Crippen LogP contribution is -2.35. The van der Waals surface area contributed by atoms with Crippen LogP contribution in [0.2, 0.25) is 0 Å². The van der Waals surface area contributed by atoms with Crippen molar-refractivity contribution in [3.63, 3.8) is 0 Å². The topological polar surface area (TPSA) is 72.6 Å². The molecule has 1 aromatic carbocycles. The lowest BCUT2D eigenvalue weighted by molar-refractivity contribution is 0.0901. The fraction of sp³-hybridized carbons (Fsp3) is 0.400. The van der Waals surface area contributed by atoms with Crippen LogP contribution in [-0.2, 0) is 4.74 Å². The Balaban J connectivity index is 2.31. The Morgan fingerprint density at radius 1 is 1.24 bits per heavy atom. The van der Waals surface area contributed by atoms with E-state index in [-0.39, 0.29) is 11.9 Å².